The SMILES string of the molecule is Nc1ccc(Oc2cccc(/C=C/C(=O)NO)c2)cc1. The van der Waals surface area contributed by atoms with Crippen LogP contribution in [0.4, 0.5) is 5.69 Å². The lowest BCUT2D eigenvalue weighted by molar-refractivity contribution is -0.124. The average Bonchev–Trinajstić information content (AvgIpc) is 2.47. The first-order chi connectivity index (χ1) is 9.67. The Morgan fingerprint density at radius 2 is 1.90 bits per heavy atom. The lowest BCUT2D eigenvalue weighted by Gasteiger charge is -2.06. The highest BCUT2D eigenvalue weighted by atomic mass is 16.5. The lowest BCUT2D eigenvalue weighted by atomic mass is 10.2. The molecule has 0 aliphatic heterocycles. The maximum atomic E-state index is 10.9. The van der Waals surface area contributed by atoms with E-state index in [1.54, 1.807) is 42.5 Å². The number of hydroxylamine groups is 1. The second-order valence-corrected chi connectivity index (χ2v) is 4.05. The predicted octanol–water partition coefficient (Wildman–Crippen LogP) is 2.58. The van der Waals surface area contributed by atoms with E-state index in [1.165, 1.54) is 11.6 Å². The van der Waals surface area contributed by atoms with Crippen LogP contribution >= 0.6 is 0 Å². The van der Waals surface area contributed by atoms with Crippen LogP contribution in [-0.2, 0) is 4.79 Å². The predicted molar refractivity (Wildman–Crippen MR) is 76.3 cm³/mol. The molecule has 0 radical (unpaired) electrons. The van der Waals surface area contributed by atoms with Crippen LogP contribution in [0.25, 0.3) is 6.08 Å². The number of nitrogens with one attached hydrogen (secondary N) is 1. The first-order valence-corrected chi connectivity index (χ1v) is 5.93. The fourth-order valence-electron chi connectivity index (χ4n) is 1.56. The molecule has 0 saturated carbocycles. The lowest BCUT2D eigenvalue weighted by Crippen LogP contribution is -2.14. The average molecular weight is 270 g/mol. The van der Waals surface area contributed by atoms with Gasteiger partial charge < -0.3 is 10.5 Å². The number of hydrogen-bond acceptors (Lipinski definition) is 4. The monoisotopic (exact) mass is 270 g/mol. The van der Waals surface area contributed by atoms with E-state index in [0.29, 0.717) is 17.2 Å². The maximum Gasteiger partial charge on any atom is 0.267 e. The van der Waals surface area contributed by atoms with Gasteiger partial charge in [-0.1, -0.05) is 12.1 Å². The van der Waals surface area contributed by atoms with Crippen LogP contribution in [0.5, 0.6) is 11.5 Å². The molecule has 0 bridgehead atoms. The number of carbonyl (C=O) groups excluding carboxylic acids is 1. The first kappa shape index (κ1) is 13.6. The van der Waals surface area contributed by atoms with Crippen molar-refractivity contribution in [3.8, 4) is 11.5 Å². The number of hydrogen-bond donors (Lipinski definition) is 3. The zero-order valence-corrected chi connectivity index (χ0v) is 10.6. The molecule has 0 heterocycles. The molecule has 0 saturated heterocycles. The molecule has 0 aliphatic carbocycles. The van der Waals surface area contributed by atoms with Gasteiger partial charge in [0.2, 0.25) is 0 Å². The molecule has 0 unspecified atom stereocenters. The van der Waals surface area contributed by atoms with Crippen molar-refractivity contribution in [2.75, 3.05) is 5.73 Å². The Hall–Kier alpha value is -2.79. The largest absolute Gasteiger partial charge is 0.457 e. The molecular weight excluding hydrogens is 256 g/mol. The number of benzene rings is 2. The number of anilines is 1. The third-order valence-corrected chi connectivity index (χ3v) is 2.51. The number of ether oxygens (including phenoxy) is 1. The topological polar surface area (TPSA) is 84.6 Å². The van der Waals surface area contributed by atoms with Gasteiger partial charge in [-0.25, -0.2) is 5.48 Å². The Bertz CT molecular complexity index is 621. The Balaban J connectivity index is 2.11. The second kappa shape index (κ2) is 6.40. The van der Waals surface area contributed by atoms with Crippen molar-refractivity contribution in [2.45, 2.75) is 0 Å². The fraction of sp³-hybridized carbons (Fsp3) is 0. The van der Waals surface area contributed by atoms with Crippen LogP contribution in [0.1, 0.15) is 5.56 Å². The molecule has 2 rings (SSSR count). The fourth-order valence-corrected chi connectivity index (χ4v) is 1.56. The molecule has 0 fully saturated rings. The van der Waals surface area contributed by atoms with E-state index < -0.39 is 5.91 Å². The van der Waals surface area contributed by atoms with Crippen LogP contribution in [-0.4, -0.2) is 11.1 Å². The molecule has 2 aromatic carbocycles. The summed E-state index contributed by atoms with van der Waals surface area (Å²) in [7, 11) is 0. The van der Waals surface area contributed by atoms with Gasteiger partial charge in [0.05, 0.1) is 0 Å². The van der Waals surface area contributed by atoms with E-state index >= 15 is 0 Å². The number of nitrogens with two attached hydrogens (primary N) is 1. The van der Waals surface area contributed by atoms with Gasteiger partial charge in [-0.2, -0.15) is 0 Å². The molecule has 0 spiro atoms. The van der Waals surface area contributed by atoms with Crippen molar-refractivity contribution in [2.24, 2.45) is 0 Å². The van der Waals surface area contributed by atoms with Gasteiger partial charge in [0.25, 0.3) is 5.91 Å². The van der Waals surface area contributed by atoms with Crippen molar-refractivity contribution < 1.29 is 14.7 Å². The second-order valence-electron chi connectivity index (χ2n) is 4.05. The highest BCUT2D eigenvalue weighted by Gasteiger charge is 1.98. The molecule has 0 aromatic heterocycles. The van der Waals surface area contributed by atoms with E-state index in [9.17, 15) is 4.79 Å². The minimum atomic E-state index is -0.588. The van der Waals surface area contributed by atoms with Gasteiger partial charge in [0.15, 0.2) is 0 Å². The molecule has 2 aromatic rings. The highest BCUT2D eigenvalue weighted by Crippen LogP contribution is 2.23. The summed E-state index contributed by atoms with van der Waals surface area (Å²) in [5, 5.41) is 8.40. The third-order valence-electron chi connectivity index (χ3n) is 2.51. The molecule has 102 valence electrons. The standard InChI is InChI=1S/C15H14N2O3/c16-12-5-7-13(8-6-12)20-14-3-1-2-11(10-14)4-9-15(18)17-19/h1-10,19H,16H2,(H,17,18)/b9-4+. The van der Waals surface area contributed by atoms with E-state index in [2.05, 4.69) is 0 Å². The van der Waals surface area contributed by atoms with Gasteiger partial charge >= 0.3 is 0 Å². The zero-order chi connectivity index (χ0) is 14.4. The first-order valence-electron chi connectivity index (χ1n) is 5.93. The Morgan fingerprint density at radius 1 is 1.15 bits per heavy atom. The molecule has 0 atom stereocenters. The quantitative estimate of drug-likeness (QED) is 0.345. The van der Waals surface area contributed by atoms with E-state index in [4.69, 9.17) is 15.7 Å². The summed E-state index contributed by atoms with van der Waals surface area (Å²) < 4.78 is 5.67. The van der Waals surface area contributed by atoms with Crippen molar-refractivity contribution in [1.82, 2.24) is 5.48 Å². The highest BCUT2D eigenvalue weighted by molar-refractivity contribution is 5.90. The Labute approximate surface area is 116 Å². The summed E-state index contributed by atoms with van der Waals surface area (Å²) >= 11 is 0. The van der Waals surface area contributed by atoms with Gasteiger partial charge in [-0.3, -0.25) is 10.0 Å². The minimum absolute atomic E-state index is 0.588. The van der Waals surface area contributed by atoms with Crippen LogP contribution in [0.3, 0.4) is 0 Å². The van der Waals surface area contributed by atoms with Gasteiger partial charge in [0, 0.05) is 11.8 Å². The zero-order valence-electron chi connectivity index (χ0n) is 10.6. The smallest absolute Gasteiger partial charge is 0.267 e. The van der Waals surface area contributed by atoms with Crippen LogP contribution in [0.2, 0.25) is 0 Å². The van der Waals surface area contributed by atoms with Gasteiger partial charge in [-0.05, 0) is 48.0 Å². The van der Waals surface area contributed by atoms with Gasteiger partial charge in [0.1, 0.15) is 11.5 Å². The van der Waals surface area contributed by atoms with Crippen LogP contribution in [0.15, 0.2) is 54.6 Å². The summed E-state index contributed by atoms with van der Waals surface area (Å²) in [6.45, 7) is 0. The number of amides is 1. The molecule has 1 amide bonds. The summed E-state index contributed by atoms with van der Waals surface area (Å²) in [6.07, 6.45) is 2.80. The van der Waals surface area contributed by atoms with Crippen LogP contribution < -0.4 is 16.0 Å². The van der Waals surface area contributed by atoms with Crippen LogP contribution in [0, 0.1) is 0 Å². The van der Waals surface area contributed by atoms with E-state index in [1.807, 2.05) is 12.1 Å². The molecule has 5 heteroatoms. The summed E-state index contributed by atoms with van der Waals surface area (Å²) in [4.78, 5) is 10.9. The van der Waals surface area contributed by atoms with E-state index in [0.717, 1.165) is 5.56 Å². The number of carbonyl (C=O) groups is 1. The van der Waals surface area contributed by atoms with Crippen molar-refractivity contribution in [1.29, 1.82) is 0 Å². The molecular formula is C15H14N2O3. The van der Waals surface area contributed by atoms with Gasteiger partial charge in [-0.15, -0.1) is 0 Å². The number of nitrogen functional groups attached to an aromatic ring is 1. The van der Waals surface area contributed by atoms with Crippen molar-refractivity contribution >= 4 is 17.7 Å². The summed E-state index contributed by atoms with van der Waals surface area (Å²) in [6, 6.07) is 14.3. The molecule has 4 N–H and O–H groups in total. The normalized spacial score (nSPS) is 10.4. The molecule has 0 aliphatic rings. The van der Waals surface area contributed by atoms with Crippen molar-refractivity contribution in [3.05, 3.63) is 60.2 Å². The van der Waals surface area contributed by atoms with E-state index in [-0.39, 0.29) is 0 Å². The third kappa shape index (κ3) is 3.86. The maximum absolute atomic E-state index is 10.9. The Morgan fingerprint density at radius 3 is 2.60 bits per heavy atom. The summed E-state index contributed by atoms with van der Waals surface area (Å²) in [5.41, 5.74) is 8.58. The summed E-state index contributed by atoms with van der Waals surface area (Å²) in [5.74, 6) is 0.726. The minimum Gasteiger partial charge on any atom is -0.457 e. The molecule has 5 nitrogen and oxygen atoms in total. The molecule has 20 heavy (non-hydrogen) atoms. The van der Waals surface area contributed by atoms with Crippen molar-refractivity contribution in [3.63, 3.8) is 0 Å². The Kier molecular flexibility index (Phi) is 4.36. The number of rotatable bonds is 4.